The minimum absolute atomic E-state index is 0.0506. The Morgan fingerprint density at radius 1 is 1.60 bits per heavy atom. The molecular formula is C13H17N3O4. The van der Waals surface area contributed by atoms with Crippen LogP contribution >= 0.6 is 0 Å². The van der Waals surface area contributed by atoms with Crippen LogP contribution in [0.2, 0.25) is 0 Å². The highest BCUT2D eigenvalue weighted by atomic mass is 16.6. The van der Waals surface area contributed by atoms with Gasteiger partial charge >= 0.3 is 5.97 Å². The Bertz CT molecular complexity index is 561. The van der Waals surface area contributed by atoms with Gasteiger partial charge < -0.3 is 10.0 Å². The molecule has 108 valence electrons. The summed E-state index contributed by atoms with van der Waals surface area (Å²) in [7, 11) is 0. The predicted molar refractivity (Wildman–Crippen MR) is 72.9 cm³/mol. The zero-order chi connectivity index (χ0) is 14.9. The summed E-state index contributed by atoms with van der Waals surface area (Å²) in [4.78, 5) is 27.9. The normalized spacial score (nSPS) is 22.0. The lowest BCUT2D eigenvalue weighted by Gasteiger charge is -2.34. The first-order valence-corrected chi connectivity index (χ1v) is 6.55. The monoisotopic (exact) mass is 279 g/mol. The smallest absolute Gasteiger partial charge is 0.329 e. The van der Waals surface area contributed by atoms with Crippen LogP contribution in [0.1, 0.15) is 31.9 Å². The van der Waals surface area contributed by atoms with Crippen LogP contribution in [0.5, 0.6) is 0 Å². The summed E-state index contributed by atoms with van der Waals surface area (Å²) >= 11 is 0. The van der Waals surface area contributed by atoms with Crippen molar-refractivity contribution in [2.75, 3.05) is 11.4 Å². The molecule has 2 rings (SSSR count). The summed E-state index contributed by atoms with van der Waals surface area (Å²) in [6.07, 6.45) is 1.81. The third-order valence-corrected chi connectivity index (χ3v) is 3.99. The number of carboxylic acids is 1. The second-order valence-corrected chi connectivity index (χ2v) is 4.98. The second kappa shape index (κ2) is 5.07. The minimum atomic E-state index is -0.949. The molecule has 7 nitrogen and oxygen atoms in total. The molecule has 1 unspecified atom stereocenters. The Balaban J connectivity index is 2.43. The number of pyridine rings is 1. The number of hydrogen-bond acceptors (Lipinski definition) is 5. The largest absolute Gasteiger partial charge is 0.479 e. The van der Waals surface area contributed by atoms with Gasteiger partial charge in [0, 0.05) is 12.6 Å². The highest BCUT2D eigenvalue weighted by Crippen LogP contribution is 2.36. The molecule has 0 aromatic carbocycles. The van der Waals surface area contributed by atoms with E-state index in [2.05, 4.69) is 4.98 Å². The molecule has 0 bridgehead atoms. The summed E-state index contributed by atoms with van der Waals surface area (Å²) in [5.74, 6) is -0.370. The number of carboxylic acid groups (broad SMARTS) is 1. The van der Waals surface area contributed by atoms with Crippen molar-refractivity contribution < 1.29 is 14.8 Å². The Morgan fingerprint density at radius 3 is 2.80 bits per heavy atom. The number of aromatic nitrogens is 1. The first-order valence-electron chi connectivity index (χ1n) is 6.55. The molecule has 1 aliphatic rings. The fourth-order valence-electron chi connectivity index (χ4n) is 2.84. The molecule has 1 atom stereocenters. The Labute approximate surface area is 116 Å². The number of carbonyl (C=O) groups is 1. The van der Waals surface area contributed by atoms with E-state index >= 15 is 0 Å². The molecule has 0 saturated carbocycles. The van der Waals surface area contributed by atoms with Gasteiger partial charge in [-0.15, -0.1) is 0 Å². The molecule has 7 heteroatoms. The van der Waals surface area contributed by atoms with E-state index in [1.54, 1.807) is 11.8 Å². The van der Waals surface area contributed by atoms with Crippen LogP contribution in [0.4, 0.5) is 11.5 Å². The van der Waals surface area contributed by atoms with Gasteiger partial charge in [-0.1, -0.05) is 6.92 Å². The molecule has 1 aromatic heterocycles. The second-order valence-electron chi connectivity index (χ2n) is 4.98. The number of nitrogens with zero attached hydrogens (tertiary/aromatic N) is 3. The van der Waals surface area contributed by atoms with Crippen LogP contribution in [0.15, 0.2) is 12.1 Å². The van der Waals surface area contributed by atoms with Crippen LogP contribution in [-0.2, 0) is 4.79 Å². The lowest BCUT2D eigenvalue weighted by atomic mass is 9.93. The van der Waals surface area contributed by atoms with E-state index in [4.69, 9.17) is 0 Å². The van der Waals surface area contributed by atoms with E-state index in [0.29, 0.717) is 30.9 Å². The summed E-state index contributed by atoms with van der Waals surface area (Å²) in [6.45, 7) is 4.00. The fourth-order valence-corrected chi connectivity index (χ4v) is 2.84. The first kappa shape index (κ1) is 14.2. The molecule has 0 amide bonds. The Hall–Kier alpha value is -2.18. The number of aliphatic carboxylic acids is 1. The Kier molecular flexibility index (Phi) is 3.61. The maximum atomic E-state index is 11.6. The molecule has 0 aliphatic carbocycles. The molecule has 1 aromatic rings. The van der Waals surface area contributed by atoms with Gasteiger partial charge in [-0.2, -0.15) is 0 Å². The molecule has 20 heavy (non-hydrogen) atoms. The maximum Gasteiger partial charge on any atom is 0.329 e. The van der Waals surface area contributed by atoms with Crippen molar-refractivity contribution in [1.82, 2.24) is 4.98 Å². The number of hydrogen-bond donors (Lipinski definition) is 1. The molecule has 1 aliphatic heterocycles. The van der Waals surface area contributed by atoms with Gasteiger partial charge in [-0.3, -0.25) is 10.1 Å². The van der Waals surface area contributed by atoms with Crippen molar-refractivity contribution in [2.45, 2.75) is 38.6 Å². The van der Waals surface area contributed by atoms with E-state index in [1.165, 1.54) is 12.1 Å². The van der Waals surface area contributed by atoms with Crippen LogP contribution in [0, 0.1) is 17.0 Å². The van der Waals surface area contributed by atoms with Gasteiger partial charge in [0.25, 0.3) is 5.69 Å². The molecule has 0 spiro atoms. The van der Waals surface area contributed by atoms with Gasteiger partial charge in [0.1, 0.15) is 17.1 Å². The predicted octanol–water partition coefficient (Wildman–Crippen LogP) is 2.13. The van der Waals surface area contributed by atoms with E-state index in [9.17, 15) is 20.0 Å². The van der Waals surface area contributed by atoms with E-state index in [1.807, 2.05) is 6.92 Å². The molecular weight excluding hydrogens is 262 g/mol. The number of anilines is 1. The average molecular weight is 279 g/mol. The highest BCUT2D eigenvalue weighted by Gasteiger charge is 2.47. The molecule has 1 saturated heterocycles. The number of rotatable bonds is 4. The van der Waals surface area contributed by atoms with Crippen molar-refractivity contribution in [3.05, 3.63) is 27.9 Å². The van der Waals surface area contributed by atoms with Crippen molar-refractivity contribution in [3.8, 4) is 0 Å². The van der Waals surface area contributed by atoms with Gasteiger partial charge in [-0.05, 0) is 32.3 Å². The molecule has 1 fully saturated rings. The maximum absolute atomic E-state index is 11.6. The average Bonchev–Trinajstić information content (AvgIpc) is 2.83. The summed E-state index contributed by atoms with van der Waals surface area (Å²) in [5.41, 5.74) is -0.699. The number of nitro groups is 1. The van der Waals surface area contributed by atoms with Crippen LogP contribution in [0.25, 0.3) is 0 Å². The standard InChI is InChI=1S/C13H17N3O4/c1-3-13(12(17)18)7-4-8-15(13)11-6-5-10(16(19)20)9(2)14-11/h5-6H,3-4,7-8H2,1-2H3,(H,17,18). The van der Waals surface area contributed by atoms with Gasteiger partial charge in [0.15, 0.2) is 0 Å². The summed E-state index contributed by atoms with van der Waals surface area (Å²) in [5, 5.41) is 20.3. The zero-order valence-corrected chi connectivity index (χ0v) is 11.5. The van der Waals surface area contributed by atoms with E-state index < -0.39 is 16.4 Å². The van der Waals surface area contributed by atoms with Gasteiger partial charge in [-0.25, -0.2) is 9.78 Å². The van der Waals surface area contributed by atoms with Crippen LogP contribution in [-0.4, -0.2) is 33.1 Å². The lowest BCUT2D eigenvalue weighted by molar-refractivity contribution is -0.385. The quantitative estimate of drug-likeness (QED) is 0.670. The van der Waals surface area contributed by atoms with Gasteiger partial charge in [0.2, 0.25) is 0 Å². The zero-order valence-electron chi connectivity index (χ0n) is 11.5. The third kappa shape index (κ3) is 2.09. The van der Waals surface area contributed by atoms with E-state index in [-0.39, 0.29) is 5.69 Å². The summed E-state index contributed by atoms with van der Waals surface area (Å²) in [6, 6.07) is 2.92. The Morgan fingerprint density at radius 2 is 2.30 bits per heavy atom. The van der Waals surface area contributed by atoms with Crippen molar-refractivity contribution in [3.63, 3.8) is 0 Å². The van der Waals surface area contributed by atoms with Crippen LogP contribution in [0.3, 0.4) is 0 Å². The topological polar surface area (TPSA) is 96.6 Å². The van der Waals surface area contributed by atoms with E-state index in [0.717, 1.165) is 6.42 Å². The third-order valence-electron chi connectivity index (χ3n) is 3.99. The molecule has 1 N–H and O–H groups in total. The SMILES string of the molecule is CCC1(C(=O)O)CCCN1c1ccc([N+](=O)[O-])c(C)n1. The first-order chi connectivity index (χ1) is 9.42. The van der Waals surface area contributed by atoms with Crippen molar-refractivity contribution >= 4 is 17.5 Å². The molecule has 2 heterocycles. The minimum Gasteiger partial charge on any atom is -0.479 e. The van der Waals surface area contributed by atoms with Crippen LogP contribution < -0.4 is 4.90 Å². The summed E-state index contributed by atoms with van der Waals surface area (Å²) < 4.78 is 0. The van der Waals surface area contributed by atoms with Gasteiger partial charge in [0.05, 0.1) is 4.92 Å². The fraction of sp³-hybridized carbons (Fsp3) is 0.538. The number of aryl methyl sites for hydroxylation is 1. The molecule has 0 radical (unpaired) electrons. The highest BCUT2D eigenvalue weighted by molar-refractivity contribution is 5.84. The van der Waals surface area contributed by atoms with Crippen molar-refractivity contribution in [2.24, 2.45) is 0 Å². The van der Waals surface area contributed by atoms with Crippen molar-refractivity contribution in [1.29, 1.82) is 0 Å². The lowest BCUT2D eigenvalue weighted by Crippen LogP contribution is -2.50.